The lowest BCUT2D eigenvalue weighted by Crippen LogP contribution is -2.37. The summed E-state index contributed by atoms with van der Waals surface area (Å²) in [4.78, 5) is 4.39. The average molecular weight is 418 g/mol. The number of aliphatic imine (C=N–C) groups is 1. The van der Waals surface area contributed by atoms with Crippen LogP contribution in [0.25, 0.3) is 0 Å². The average Bonchev–Trinajstić information content (AvgIpc) is 2.43. The summed E-state index contributed by atoms with van der Waals surface area (Å²) in [5.41, 5.74) is 9.80. The molecule has 5 heteroatoms. The highest BCUT2D eigenvalue weighted by Gasteiger charge is 2.08. The number of anilines is 1. The molecule has 0 saturated heterocycles. The molecule has 0 heterocycles. The van der Waals surface area contributed by atoms with Crippen LogP contribution in [0.2, 0.25) is 0 Å². The molecule has 0 bridgehead atoms. The van der Waals surface area contributed by atoms with E-state index in [4.69, 9.17) is 5.73 Å². The number of hydrogen-bond donors (Lipinski definition) is 3. The molecule has 1 aromatic rings. The summed E-state index contributed by atoms with van der Waals surface area (Å²) in [6, 6.07) is 6.37. The fourth-order valence-corrected chi connectivity index (χ4v) is 2.18. The Morgan fingerprint density at radius 3 is 2.14 bits per heavy atom. The summed E-state index contributed by atoms with van der Waals surface area (Å²) in [6.45, 7) is 12.2. The van der Waals surface area contributed by atoms with E-state index in [1.165, 1.54) is 11.1 Å². The van der Waals surface area contributed by atoms with Crippen LogP contribution in [0.4, 0.5) is 5.69 Å². The van der Waals surface area contributed by atoms with E-state index in [2.05, 4.69) is 68.4 Å². The minimum Gasteiger partial charge on any atom is -0.370 e. The Morgan fingerprint density at radius 2 is 1.68 bits per heavy atom. The van der Waals surface area contributed by atoms with Crippen molar-refractivity contribution in [1.82, 2.24) is 5.32 Å². The Labute approximate surface area is 152 Å². The first-order chi connectivity index (χ1) is 9.87. The summed E-state index contributed by atoms with van der Waals surface area (Å²) in [5, 5.41) is 6.67. The predicted molar refractivity (Wildman–Crippen MR) is 108 cm³/mol. The predicted octanol–water partition coefficient (Wildman–Crippen LogP) is 3.54. The van der Waals surface area contributed by atoms with Gasteiger partial charge in [0.25, 0.3) is 0 Å². The molecule has 1 aromatic carbocycles. The first-order valence-corrected chi connectivity index (χ1v) is 7.80. The van der Waals surface area contributed by atoms with Crippen molar-refractivity contribution in [3.8, 4) is 0 Å². The zero-order valence-electron chi connectivity index (χ0n) is 14.5. The van der Waals surface area contributed by atoms with Crippen molar-refractivity contribution in [2.75, 3.05) is 18.4 Å². The molecule has 0 aliphatic rings. The monoisotopic (exact) mass is 418 g/mol. The zero-order chi connectivity index (χ0) is 15.9. The molecule has 0 saturated carbocycles. The number of aryl methyl sites for hydroxylation is 2. The molecule has 126 valence electrons. The lowest BCUT2D eigenvalue weighted by Gasteiger charge is -2.19. The van der Waals surface area contributed by atoms with Crippen molar-refractivity contribution < 1.29 is 0 Å². The fourth-order valence-electron chi connectivity index (χ4n) is 2.18. The van der Waals surface area contributed by atoms with Gasteiger partial charge in [0, 0.05) is 17.8 Å². The second-order valence-electron chi connectivity index (χ2n) is 6.23. The number of rotatable bonds is 6. The van der Waals surface area contributed by atoms with Gasteiger partial charge in [-0.2, -0.15) is 0 Å². The molecular formula is C17H31IN4. The Hall–Kier alpha value is -0.820. The molecule has 0 aliphatic carbocycles. The summed E-state index contributed by atoms with van der Waals surface area (Å²) in [6.07, 6.45) is 1.96. The van der Waals surface area contributed by atoms with E-state index < -0.39 is 0 Å². The third-order valence-corrected chi connectivity index (χ3v) is 3.30. The summed E-state index contributed by atoms with van der Waals surface area (Å²) in [5.74, 6) is 0.487. The van der Waals surface area contributed by atoms with Gasteiger partial charge >= 0.3 is 0 Å². The number of nitrogens with zero attached hydrogens (tertiary/aromatic N) is 1. The molecule has 0 spiro atoms. The molecule has 0 atom stereocenters. The van der Waals surface area contributed by atoms with Gasteiger partial charge in [-0.25, -0.2) is 0 Å². The molecule has 0 aliphatic heterocycles. The minimum atomic E-state index is 0. The van der Waals surface area contributed by atoms with Gasteiger partial charge in [0.05, 0.1) is 6.54 Å². The van der Waals surface area contributed by atoms with Crippen molar-refractivity contribution in [3.05, 3.63) is 29.3 Å². The maximum absolute atomic E-state index is 6.01. The van der Waals surface area contributed by atoms with Crippen molar-refractivity contribution in [1.29, 1.82) is 0 Å². The summed E-state index contributed by atoms with van der Waals surface area (Å²) >= 11 is 0. The van der Waals surface area contributed by atoms with E-state index in [-0.39, 0.29) is 29.5 Å². The fraction of sp³-hybridized carbons (Fsp3) is 0.588. The standard InChI is InChI=1S/C17H30N4.HI/c1-6-13-9-8-10-14(7-2)15(13)21-16(18)19-11-12-20-17(3,4)5;/h8-10,20H,6-7,11-12H2,1-5H3,(H3,18,19,21);1H. The zero-order valence-corrected chi connectivity index (χ0v) is 16.8. The van der Waals surface area contributed by atoms with Crippen LogP contribution in [0.3, 0.4) is 0 Å². The Morgan fingerprint density at radius 1 is 1.14 bits per heavy atom. The van der Waals surface area contributed by atoms with Crippen LogP contribution < -0.4 is 16.4 Å². The van der Waals surface area contributed by atoms with Crippen LogP contribution in [-0.4, -0.2) is 24.6 Å². The van der Waals surface area contributed by atoms with Gasteiger partial charge in [-0.15, -0.1) is 24.0 Å². The van der Waals surface area contributed by atoms with Gasteiger partial charge in [0.2, 0.25) is 0 Å². The van der Waals surface area contributed by atoms with Gasteiger partial charge in [0.1, 0.15) is 0 Å². The van der Waals surface area contributed by atoms with E-state index in [0.717, 1.165) is 25.1 Å². The van der Waals surface area contributed by atoms with Crippen molar-refractivity contribution in [3.63, 3.8) is 0 Å². The van der Waals surface area contributed by atoms with Crippen molar-refractivity contribution in [2.45, 2.75) is 53.0 Å². The number of nitrogens with one attached hydrogen (secondary N) is 2. The van der Waals surface area contributed by atoms with Gasteiger partial charge in [-0.3, -0.25) is 4.99 Å². The number of guanidine groups is 1. The highest BCUT2D eigenvalue weighted by atomic mass is 127. The molecule has 1 rings (SSSR count). The van der Waals surface area contributed by atoms with E-state index in [0.29, 0.717) is 12.5 Å². The molecule has 0 unspecified atom stereocenters. The second kappa shape index (κ2) is 10.0. The summed E-state index contributed by atoms with van der Waals surface area (Å²) < 4.78 is 0. The lowest BCUT2D eigenvalue weighted by molar-refractivity contribution is 0.433. The van der Waals surface area contributed by atoms with Gasteiger partial charge in [-0.05, 0) is 44.7 Å². The van der Waals surface area contributed by atoms with Gasteiger partial charge in [0.15, 0.2) is 5.96 Å². The van der Waals surface area contributed by atoms with E-state index >= 15 is 0 Å². The van der Waals surface area contributed by atoms with Crippen LogP contribution in [0, 0.1) is 0 Å². The molecule has 4 nitrogen and oxygen atoms in total. The molecule has 0 aromatic heterocycles. The highest BCUT2D eigenvalue weighted by molar-refractivity contribution is 14.0. The molecule has 0 fully saturated rings. The molecule has 0 amide bonds. The third kappa shape index (κ3) is 7.45. The van der Waals surface area contributed by atoms with E-state index in [1.807, 2.05) is 0 Å². The quantitative estimate of drug-likeness (QED) is 0.287. The number of hydrogen-bond acceptors (Lipinski definition) is 2. The van der Waals surface area contributed by atoms with Crippen LogP contribution in [0.5, 0.6) is 0 Å². The van der Waals surface area contributed by atoms with Crippen molar-refractivity contribution >= 4 is 35.6 Å². The Bertz CT molecular complexity index is 456. The minimum absolute atomic E-state index is 0. The van der Waals surface area contributed by atoms with Crippen molar-refractivity contribution in [2.24, 2.45) is 10.7 Å². The Balaban J connectivity index is 0.00000441. The number of para-hydroxylation sites is 1. The van der Waals surface area contributed by atoms with E-state index in [1.54, 1.807) is 0 Å². The van der Waals surface area contributed by atoms with Crippen LogP contribution >= 0.6 is 24.0 Å². The maximum Gasteiger partial charge on any atom is 0.193 e. The largest absolute Gasteiger partial charge is 0.370 e. The van der Waals surface area contributed by atoms with Crippen LogP contribution in [0.15, 0.2) is 23.2 Å². The lowest BCUT2D eigenvalue weighted by atomic mass is 10.0. The normalized spacial score (nSPS) is 12.0. The van der Waals surface area contributed by atoms with Gasteiger partial charge in [-0.1, -0.05) is 32.0 Å². The second-order valence-corrected chi connectivity index (χ2v) is 6.23. The summed E-state index contributed by atoms with van der Waals surface area (Å²) in [7, 11) is 0. The van der Waals surface area contributed by atoms with E-state index in [9.17, 15) is 0 Å². The maximum atomic E-state index is 6.01. The SMILES string of the molecule is CCc1cccc(CC)c1NC(N)=NCCNC(C)(C)C.I. The first-order valence-electron chi connectivity index (χ1n) is 7.80. The highest BCUT2D eigenvalue weighted by Crippen LogP contribution is 2.22. The van der Waals surface area contributed by atoms with Crippen LogP contribution in [-0.2, 0) is 12.8 Å². The number of nitrogens with two attached hydrogens (primary N) is 1. The first kappa shape index (κ1) is 21.2. The molecule has 4 N–H and O–H groups in total. The molecule has 22 heavy (non-hydrogen) atoms. The smallest absolute Gasteiger partial charge is 0.193 e. The van der Waals surface area contributed by atoms with Crippen LogP contribution in [0.1, 0.15) is 45.7 Å². The molecular weight excluding hydrogens is 387 g/mol. The number of halogens is 1. The Kier molecular flexibility index (Phi) is 9.67. The van der Waals surface area contributed by atoms with Gasteiger partial charge < -0.3 is 16.4 Å². The third-order valence-electron chi connectivity index (χ3n) is 3.30. The number of benzene rings is 1. The molecule has 0 radical (unpaired) electrons. The topological polar surface area (TPSA) is 62.4 Å².